The maximum Gasteiger partial charge on any atom is 0.386 e. The fraction of sp³-hybridized carbons (Fsp3) is 0. The van der Waals surface area contributed by atoms with Crippen molar-refractivity contribution >= 4 is 17.1 Å². The number of nitrogens with zero attached hydrogens (tertiary/aromatic N) is 3. The Balaban J connectivity index is 2.35. The van der Waals surface area contributed by atoms with E-state index in [1.165, 1.54) is 6.07 Å². The zero-order valence-corrected chi connectivity index (χ0v) is 8.96. The molecule has 0 aliphatic heterocycles. The highest BCUT2D eigenvalue weighted by Crippen LogP contribution is 2.24. The normalized spacial score (nSPS) is 9.06. The van der Waals surface area contributed by atoms with Crippen molar-refractivity contribution in [1.82, 2.24) is 0 Å². The van der Waals surface area contributed by atoms with Gasteiger partial charge in [0.2, 0.25) is 5.39 Å². The molecular weight excluding hydrogens is 212 g/mol. The van der Waals surface area contributed by atoms with E-state index < -0.39 is 0 Å². The van der Waals surface area contributed by atoms with Crippen molar-refractivity contribution in [2.24, 2.45) is 0 Å². The predicted molar refractivity (Wildman–Crippen MR) is 65.6 cm³/mol. The third kappa shape index (κ3) is 2.39. The molecule has 17 heavy (non-hydrogen) atoms. The van der Waals surface area contributed by atoms with Crippen molar-refractivity contribution in [3.8, 4) is 6.07 Å². The van der Waals surface area contributed by atoms with Crippen molar-refractivity contribution in [3.63, 3.8) is 0 Å². The van der Waals surface area contributed by atoms with Crippen LogP contribution in [0.2, 0.25) is 0 Å². The first-order valence-corrected chi connectivity index (χ1v) is 5.05. The topological polar surface area (TPSA) is 64.0 Å². The van der Waals surface area contributed by atoms with Crippen molar-refractivity contribution < 1.29 is 0 Å². The van der Waals surface area contributed by atoms with Gasteiger partial charge in [0.05, 0.1) is 17.3 Å². The lowest BCUT2D eigenvalue weighted by Crippen LogP contribution is -1.92. The van der Waals surface area contributed by atoms with Gasteiger partial charge in [-0.2, -0.15) is 5.26 Å². The lowest BCUT2D eigenvalue weighted by molar-refractivity contribution is 1.43. The van der Waals surface area contributed by atoms with Crippen LogP contribution < -0.4 is 5.32 Å². The number of rotatable bonds is 2. The molecule has 0 radical (unpaired) electrons. The highest BCUT2D eigenvalue weighted by atomic mass is 14.9. The average molecular weight is 221 g/mol. The Labute approximate surface area is 98.8 Å². The molecule has 2 rings (SSSR count). The van der Waals surface area contributed by atoms with Crippen molar-refractivity contribution in [3.05, 3.63) is 59.1 Å². The van der Waals surface area contributed by atoms with Crippen LogP contribution in [0.3, 0.4) is 0 Å². The van der Waals surface area contributed by atoms with Gasteiger partial charge in [0.25, 0.3) is 0 Å². The van der Waals surface area contributed by atoms with E-state index in [9.17, 15) is 0 Å². The summed E-state index contributed by atoms with van der Waals surface area (Å²) < 4.78 is 0. The first kappa shape index (κ1) is 10.7. The van der Waals surface area contributed by atoms with Gasteiger partial charge in [0, 0.05) is 11.8 Å². The van der Waals surface area contributed by atoms with Gasteiger partial charge in [-0.05, 0) is 18.2 Å². The van der Waals surface area contributed by atoms with Gasteiger partial charge in [-0.25, -0.2) is 0 Å². The molecule has 0 spiro atoms. The van der Waals surface area contributed by atoms with Crippen molar-refractivity contribution in [2.45, 2.75) is 0 Å². The summed E-state index contributed by atoms with van der Waals surface area (Å²) in [5, 5.41) is 20.8. The second-order valence-electron chi connectivity index (χ2n) is 3.43. The molecule has 0 atom stereocenters. The first-order chi connectivity index (χ1) is 8.33. The molecule has 0 aromatic heterocycles. The second-order valence-corrected chi connectivity index (χ2v) is 3.43. The molecule has 2 aromatic carbocycles. The van der Waals surface area contributed by atoms with Gasteiger partial charge in [0.1, 0.15) is 6.07 Å². The van der Waals surface area contributed by atoms with E-state index in [0.29, 0.717) is 16.9 Å². The number of hydrogen-bond donors (Lipinski definition) is 1. The molecule has 2 aromatic rings. The fourth-order valence-electron chi connectivity index (χ4n) is 1.47. The van der Waals surface area contributed by atoms with Gasteiger partial charge in [-0.15, -0.1) is 0 Å². The number of benzene rings is 2. The molecule has 0 unspecified atom stereocenters. The second kappa shape index (κ2) is 4.78. The maximum absolute atomic E-state index is 9.00. The molecule has 0 fully saturated rings. The maximum atomic E-state index is 9.00. The number of hydrogen-bond acceptors (Lipinski definition) is 3. The van der Waals surface area contributed by atoms with Crippen molar-refractivity contribution in [1.29, 1.82) is 10.7 Å². The lowest BCUT2D eigenvalue weighted by Gasteiger charge is -2.06. The van der Waals surface area contributed by atoms with Gasteiger partial charge in [-0.3, -0.25) is 0 Å². The third-order valence-electron chi connectivity index (χ3n) is 2.29. The molecule has 4 heteroatoms. The van der Waals surface area contributed by atoms with Crippen LogP contribution in [0.1, 0.15) is 5.56 Å². The smallest absolute Gasteiger partial charge is 0.354 e. The Morgan fingerprint density at radius 2 is 1.82 bits per heavy atom. The van der Waals surface area contributed by atoms with Crippen LogP contribution >= 0.6 is 0 Å². The van der Waals surface area contributed by atoms with Crippen LogP contribution in [0.15, 0.2) is 48.5 Å². The molecule has 0 aliphatic rings. The summed E-state index contributed by atoms with van der Waals surface area (Å²) >= 11 is 0. The monoisotopic (exact) mass is 221 g/mol. The number of para-hydroxylation sites is 1. The largest absolute Gasteiger partial charge is 0.386 e. The average Bonchev–Trinajstić information content (AvgIpc) is 2.40. The van der Waals surface area contributed by atoms with Gasteiger partial charge < -0.3 is 5.32 Å². The SMILES string of the molecule is N#Cc1cc([N+]#N)ccc1Nc1ccccc1. The van der Waals surface area contributed by atoms with Crippen LogP contribution in [0.4, 0.5) is 17.1 Å². The van der Waals surface area contributed by atoms with Gasteiger partial charge in [0.15, 0.2) is 4.98 Å². The summed E-state index contributed by atoms with van der Waals surface area (Å²) in [6.07, 6.45) is 0. The Morgan fingerprint density at radius 1 is 1.06 bits per heavy atom. The summed E-state index contributed by atoms with van der Waals surface area (Å²) in [5.74, 6) is 0. The standard InChI is InChI=1S/C13H9N4/c14-9-10-8-12(17-15)6-7-13(10)16-11-4-2-1-3-5-11/h1-8,16H/q+1. The molecule has 0 heterocycles. The minimum Gasteiger partial charge on any atom is -0.354 e. The van der Waals surface area contributed by atoms with Crippen LogP contribution in [0.5, 0.6) is 0 Å². The number of nitriles is 1. The molecule has 0 saturated heterocycles. The summed E-state index contributed by atoms with van der Waals surface area (Å²) in [4.78, 5) is 3.05. The summed E-state index contributed by atoms with van der Waals surface area (Å²) in [5.41, 5.74) is 2.38. The zero-order chi connectivity index (χ0) is 12.1. The van der Waals surface area contributed by atoms with Gasteiger partial charge >= 0.3 is 5.69 Å². The molecule has 0 bridgehead atoms. The van der Waals surface area contributed by atoms with Crippen LogP contribution in [-0.2, 0) is 0 Å². The third-order valence-corrected chi connectivity index (χ3v) is 2.29. The van der Waals surface area contributed by atoms with E-state index in [4.69, 9.17) is 10.7 Å². The molecule has 0 aliphatic carbocycles. The van der Waals surface area contributed by atoms with E-state index >= 15 is 0 Å². The Bertz CT molecular complexity index is 606. The van der Waals surface area contributed by atoms with E-state index in [0.717, 1.165) is 5.69 Å². The van der Waals surface area contributed by atoms with Crippen LogP contribution in [0.25, 0.3) is 4.98 Å². The Hall–Kier alpha value is -2.85. The minimum atomic E-state index is 0.361. The van der Waals surface area contributed by atoms with Crippen LogP contribution in [0, 0.1) is 16.7 Å². The fourth-order valence-corrected chi connectivity index (χ4v) is 1.47. The summed E-state index contributed by atoms with van der Waals surface area (Å²) in [7, 11) is 0. The highest BCUT2D eigenvalue weighted by molar-refractivity contribution is 5.70. The molecule has 4 nitrogen and oxygen atoms in total. The number of nitrogens with one attached hydrogen (secondary N) is 1. The van der Waals surface area contributed by atoms with Crippen LogP contribution in [-0.4, -0.2) is 0 Å². The Kier molecular flexibility index (Phi) is 3.00. The quantitative estimate of drug-likeness (QED) is 0.784. The molecule has 1 N–H and O–H groups in total. The highest BCUT2D eigenvalue weighted by Gasteiger charge is 2.10. The van der Waals surface area contributed by atoms with Gasteiger partial charge in [-0.1, -0.05) is 18.2 Å². The minimum absolute atomic E-state index is 0.361. The van der Waals surface area contributed by atoms with E-state index in [1.807, 2.05) is 30.3 Å². The number of diazo groups is 1. The number of anilines is 2. The Morgan fingerprint density at radius 3 is 2.47 bits per heavy atom. The lowest BCUT2D eigenvalue weighted by atomic mass is 10.1. The molecular formula is C13H9N4+. The summed E-state index contributed by atoms with van der Waals surface area (Å²) in [6, 6.07) is 16.5. The van der Waals surface area contributed by atoms with E-state index in [1.54, 1.807) is 12.1 Å². The van der Waals surface area contributed by atoms with E-state index in [2.05, 4.69) is 16.4 Å². The summed E-state index contributed by atoms with van der Waals surface area (Å²) in [6.45, 7) is 0. The van der Waals surface area contributed by atoms with E-state index in [-0.39, 0.29) is 0 Å². The predicted octanol–water partition coefficient (Wildman–Crippen LogP) is 3.79. The molecule has 0 amide bonds. The molecule has 80 valence electrons. The first-order valence-electron chi connectivity index (χ1n) is 5.05. The van der Waals surface area contributed by atoms with Crippen molar-refractivity contribution in [2.75, 3.05) is 5.32 Å². The zero-order valence-electron chi connectivity index (χ0n) is 8.96. The molecule has 0 saturated carbocycles.